The molecule has 1 atom stereocenters. The van der Waals surface area contributed by atoms with Gasteiger partial charge in [0.1, 0.15) is 4.88 Å². The van der Waals surface area contributed by atoms with Gasteiger partial charge in [-0.3, -0.25) is 4.79 Å². The first kappa shape index (κ1) is 17.7. The van der Waals surface area contributed by atoms with Gasteiger partial charge in [0.25, 0.3) is 5.91 Å². The Hall–Kier alpha value is -2.14. The average molecular weight is 357 g/mol. The van der Waals surface area contributed by atoms with Crippen LogP contribution >= 0.6 is 11.3 Å². The van der Waals surface area contributed by atoms with E-state index in [9.17, 15) is 9.59 Å². The number of ether oxygens (including phenoxy) is 1. The second kappa shape index (κ2) is 7.83. The highest BCUT2D eigenvalue weighted by molar-refractivity contribution is 7.14. The lowest BCUT2D eigenvalue weighted by molar-refractivity contribution is -0.125. The molecule has 0 spiro atoms. The van der Waals surface area contributed by atoms with Gasteiger partial charge in [0.05, 0.1) is 6.04 Å². The molecule has 1 saturated carbocycles. The highest BCUT2D eigenvalue weighted by Gasteiger charge is 2.33. The molecular formula is C20H23NO3S. The molecule has 1 aromatic carbocycles. The van der Waals surface area contributed by atoms with E-state index in [-0.39, 0.29) is 18.6 Å². The summed E-state index contributed by atoms with van der Waals surface area (Å²) >= 11 is 1.42. The molecular weight excluding hydrogens is 334 g/mol. The normalized spacial score (nSPS) is 14.8. The van der Waals surface area contributed by atoms with Crippen LogP contribution in [0.5, 0.6) is 0 Å². The SMILES string of the molecule is CCc1cc(C(=O)OCC(=O)NC(c2ccccc2)C2CC2)sc1C. The van der Waals surface area contributed by atoms with E-state index in [1.54, 1.807) is 0 Å². The smallest absolute Gasteiger partial charge is 0.348 e. The van der Waals surface area contributed by atoms with Crippen LogP contribution in [0.4, 0.5) is 0 Å². The van der Waals surface area contributed by atoms with Crippen LogP contribution in [0.1, 0.15) is 51.5 Å². The third-order valence-electron chi connectivity index (χ3n) is 4.51. The van der Waals surface area contributed by atoms with Gasteiger partial charge in [-0.2, -0.15) is 0 Å². The molecule has 0 saturated heterocycles. The van der Waals surface area contributed by atoms with Crippen LogP contribution in [0.2, 0.25) is 0 Å². The maximum atomic E-state index is 12.2. The maximum Gasteiger partial charge on any atom is 0.348 e. The van der Waals surface area contributed by atoms with E-state index in [0.29, 0.717) is 10.8 Å². The third kappa shape index (κ3) is 4.48. The Kier molecular flexibility index (Phi) is 5.53. The first-order valence-corrected chi connectivity index (χ1v) is 9.51. The number of hydrogen-bond acceptors (Lipinski definition) is 4. The summed E-state index contributed by atoms with van der Waals surface area (Å²) in [5.41, 5.74) is 2.26. The van der Waals surface area contributed by atoms with Crippen molar-refractivity contribution in [1.29, 1.82) is 0 Å². The van der Waals surface area contributed by atoms with Crippen LogP contribution in [0.15, 0.2) is 36.4 Å². The fourth-order valence-electron chi connectivity index (χ4n) is 2.95. The predicted octanol–water partition coefficient (Wildman–Crippen LogP) is 4.04. The fourth-order valence-corrected chi connectivity index (χ4v) is 3.96. The van der Waals surface area contributed by atoms with Crippen molar-refractivity contribution in [3.63, 3.8) is 0 Å². The molecule has 5 heteroatoms. The lowest BCUT2D eigenvalue weighted by atomic mass is 10.0. The average Bonchev–Trinajstić information content (AvgIpc) is 3.40. The summed E-state index contributed by atoms with van der Waals surface area (Å²) in [6.07, 6.45) is 3.12. The number of amides is 1. The van der Waals surface area contributed by atoms with Crippen LogP contribution in [-0.4, -0.2) is 18.5 Å². The number of esters is 1. The third-order valence-corrected chi connectivity index (χ3v) is 5.58. The summed E-state index contributed by atoms with van der Waals surface area (Å²) in [6, 6.07) is 11.8. The Morgan fingerprint density at radius 2 is 2.00 bits per heavy atom. The van der Waals surface area contributed by atoms with Crippen LogP contribution in [0.25, 0.3) is 0 Å². The second-order valence-electron chi connectivity index (χ2n) is 6.42. The van der Waals surface area contributed by atoms with Gasteiger partial charge in [-0.15, -0.1) is 11.3 Å². The molecule has 1 heterocycles. The highest BCUT2D eigenvalue weighted by Crippen LogP contribution is 2.40. The molecule has 132 valence electrons. The Morgan fingerprint density at radius 3 is 2.60 bits per heavy atom. The monoisotopic (exact) mass is 357 g/mol. The highest BCUT2D eigenvalue weighted by atomic mass is 32.1. The Bertz CT molecular complexity index is 750. The quantitative estimate of drug-likeness (QED) is 0.761. The molecule has 0 aliphatic heterocycles. The van der Waals surface area contributed by atoms with Gasteiger partial charge in [0, 0.05) is 4.88 Å². The van der Waals surface area contributed by atoms with Gasteiger partial charge in [-0.05, 0) is 49.3 Å². The van der Waals surface area contributed by atoms with Crippen molar-refractivity contribution in [1.82, 2.24) is 5.32 Å². The van der Waals surface area contributed by atoms with E-state index in [1.165, 1.54) is 11.3 Å². The molecule has 1 fully saturated rings. The van der Waals surface area contributed by atoms with E-state index < -0.39 is 5.97 Å². The van der Waals surface area contributed by atoms with Gasteiger partial charge >= 0.3 is 5.97 Å². The van der Waals surface area contributed by atoms with E-state index in [1.807, 2.05) is 43.3 Å². The van der Waals surface area contributed by atoms with Crippen molar-refractivity contribution in [3.8, 4) is 0 Å². The van der Waals surface area contributed by atoms with Crippen molar-refractivity contribution < 1.29 is 14.3 Å². The summed E-state index contributed by atoms with van der Waals surface area (Å²) in [5.74, 6) is -0.196. The first-order chi connectivity index (χ1) is 12.1. The molecule has 25 heavy (non-hydrogen) atoms. The molecule has 1 aliphatic carbocycles. The molecule has 1 aliphatic rings. The van der Waals surface area contributed by atoms with E-state index in [4.69, 9.17) is 4.74 Å². The first-order valence-electron chi connectivity index (χ1n) is 8.69. The lowest BCUT2D eigenvalue weighted by Gasteiger charge is -2.18. The van der Waals surface area contributed by atoms with Crippen molar-refractivity contribution in [3.05, 3.63) is 57.3 Å². The number of benzene rings is 1. The Morgan fingerprint density at radius 1 is 1.28 bits per heavy atom. The van der Waals surface area contributed by atoms with Crippen LogP contribution in [0.3, 0.4) is 0 Å². The number of carbonyl (C=O) groups is 2. The van der Waals surface area contributed by atoms with Gasteiger partial charge in [0.15, 0.2) is 6.61 Å². The number of aryl methyl sites for hydroxylation is 2. The summed E-state index contributed by atoms with van der Waals surface area (Å²) in [6.45, 7) is 3.81. The Balaban J connectivity index is 1.55. The van der Waals surface area contributed by atoms with E-state index in [2.05, 4.69) is 12.2 Å². The summed E-state index contributed by atoms with van der Waals surface area (Å²) in [4.78, 5) is 26.1. The minimum atomic E-state index is -0.425. The summed E-state index contributed by atoms with van der Waals surface area (Å²) in [5, 5.41) is 3.02. The minimum Gasteiger partial charge on any atom is -0.451 e. The molecule has 4 nitrogen and oxygen atoms in total. The molecule has 1 aromatic heterocycles. The molecule has 1 amide bonds. The maximum absolute atomic E-state index is 12.2. The molecule has 0 radical (unpaired) electrons. The molecule has 1 unspecified atom stereocenters. The molecule has 0 bridgehead atoms. The van der Waals surface area contributed by atoms with E-state index >= 15 is 0 Å². The van der Waals surface area contributed by atoms with Crippen molar-refractivity contribution in [2.75, 3.05) is 6.61 Å². The second-order valence-corrected chi connectivity index (χ2v) is 7.67. The van der Waals surface area contributed by atoms with Crippen LogP contribution in [0, 0.1) is 12.8 Å². The van der Waals surface area contributed by atoms with Gasteiger partial charge < -0.3 is 10.1 Å². The van der Waals surface area contributed by atoms with Crippen molar-refractivity contribution in [2.45, 2.75) is 39.2 Å². The van der Waals surface area contributed by atoms with Crippen molar-refractivity contribution in [2.24, 2.45) is 5.92 Å². The summed E-state index contributed by atoms with van der Waals surface area (Å²) in [7, 11) is 0. The predicted molar refractivity (Wildman–Crippen MR) is 98.8 cm³/mol. The number of carbonyl (C=O) groups excluding carboxylic acids is 2. The van der Waals surface area contributed by atoms with E-state index in [0.717, 1.165) is 35.3 Å². The number of rotatable bonds is 7. The van der Waals surface area contributed by atoms with Gasteiger partial charge in [0.2, 0.25) is 0 Å². The largest absolute Gasteiger partial charge is 0.451 e. The van der Waals surface area contributed by atoms with Crippen LogP contribution < -0.4 is 5.32 Å². The lowest BCUT2D eigenvalue weighted by Crippen LogP contribution is -2.33. The zero-order valence-electron chi connectivity index (χ0n) is 14.6. The number of hydrogen-bond donors (Lipinski definition) is 1. The molecule has 3 rings (SSSR count). The topological polar surface area (TPSA) is 55.4 Å². The standard InChI is InChI=1S/C20H23NO3S/c1-3-14-11-17(25-13(14)2)20(23)24-12-18(22)21-19(16-9-10-16)15-7-5-4-6-8-15/h4-8,11,16,19H,3,9-10,12H2,1-2H3,(H,21,22). The number of nitrogens with one attached hydrogen (secondary N) is 1. The van der Waals surface area contributed by atoms with Gasteiger partial charge in [-0.1, -0.05) is 37.3 Å². The van der Waals surface area contributed by atoms with Gasteiger partial charge in [-0.25, -0.2) is 4.79 Å². The zero-order valence-corrected chi connectivity index (χ0v) is 15.4. The Labute approximate surface area is 152 Å². The minimum absolute atomic E-state index is 0.00285. The van der Waals surface area contributed by atoms with Crippen LogP contribution in [-0.2, 0) is 16.0 Å². The van der Waals surface area contributed by atoms with Crippen molar-refractivity contribution >= 4 is 23.2 Å². The zero-order chi connectivity index (χ0) is 17.8. The summed E-state index contributed by atoms with van der Waals surface area (Å²) < 4.78 is 5.20. The number of thiophene rings is 1. The molecule has 1 N–H and O–H groups in total. The fraction of sp³-hybridized carbons (Fsp3) is 0.400. The molecule has 2 aromatic rings.